The first-order chi connectivity index (χ1) is 8.11. The van der Waals surface area contributed by atoms with Gasteiger partial charge in [0.1, 0.15) is 17.6 Å². The van der Waals surface area contributed by atoms with Gasteiger partial charge in [-0.3, -0.25) is 0 Å². The first-order valence-corrected chi connectivity index (χ1v) is 7.22. The highest BCUT2D eigenvalue weighted by atomic mass is 127. The van der Waals surface area contributed by atoms with Crippen LogP contribution in [0.1, 0.15) is 25.2 Å². The van der Waals surface area contributed by atoms with Gasteiger partial charge in [-0.2, -0.15) is 0 Å². The standard InChI is InChI=1S/C13H12BrIO2/c1-2-11(16)13-6-5-12(17-13)9-7-8(15)3-4-10(9)14/h3-7,11,16H,2H2,1H3. The summed E-state index contributed by atoms with van der Waals surface area (Å²) < 4.78 is 7.81. The first-order valence-electron chi connectivity index (χ1n) is 5.35. The van der Waals surface area contributed by atoms with Crippen LogP contribution in [0.15, 0.2) is 39.2 Å². The van der Waals surface area contributed by atoms with Crippen molar-refractivity contribution in [3.05, 3.63) is 44.1 Å². The highest BCUT2D eigenvalue weighted by Crippen LogP contribution is 2.32. The van der Waals surface area contributed by atoms with Gasteiger partial charge in [0, 0.05) is 13.6 Å². The molecule has 2 rings (SSSR count). The zero-order valence-electron chi connectivity index (χ0n) is 9.28. The molecule has 0 saturated heterocycles. The van der Waals surface area contributed by atoms with E-state index in [4.69, 9.17) is 4.42 Å². The largest absolute Gasteiger partial charge is 0.458 e. The molecule has 1 unspecified atom stereocenters. The Labute approximate surface area is 122 Å². The Kier molecular flexibility index (Phi) is 4.27. The molecule has 17 heavy (non-hydrogen) atoms. The predicted molar refractivity (Wildman–Crippen MR) is 79.8 cm³/mol. The second kappa shape index (κ2) is 5.54. The van der Waals surface area contributed by atoms with Gasteiger partial charge in [-0.05, 0) is 59.3 Å². The molecule has 0 bridgehead atoms. The molecule has 4 heteroatoms. The molecule has 0 radical (unpaired) electrons. The van der Waals surface area contributed by atoms with Crippen molar-refractivity contribution < 1.29 is 9.52 Å². The second-order valence-electron chi connectivity index (χ2n) is 3.75. The van der Waals surface area contributed by atoms with E-state index in [9.17, 15) is 5.11 Å². The monoisotopic (exact) mass is 406 g/mol. The van der Waals surface area contributed by atoms with Gasteiger partial charge in [0.05, 0.1) is 0 Å². The Balaban J connectivity index is 2.40. The molecule has 0 spiro atoms. The molecule has 90 valence electrons. The normalized spacial score (nSPS) is 12.7. The summed E-state index contributed by atoms with van der Waals surface area (Å²) in [6.07, 6.45) is 0.130. The lowest BCUT2D eigenvalue weighted by molar-refractivity contribution is 0.147. The van der Waals surface area contributed by atoms with E-state index in [0.717, 1.165) is 19.4 Å². The van der Waals surface area contributed by atoms with Crippen LogP contribution in [0.25, 0.3) is 11.3 Å². The van der Waals surface area contributed by atoms with Crippen molar-refractivity contribution >= 4 is 38.5 Å². The van der Waals surface area contributed by atoms with Gasteiger partial charge in [0.15, 0.2) is 0 Å². The van der Waals surface area contributed by atoms with Crippen LogP contribution >= 0.6 is 38.5 Å². The lowest BCUT2D eigenvalue weighted by Gasteiger charge is -2.04. The maximum atomic E-state index is 9.71. The molecule has 1 heterocycles. The third kappa shape index (κ3) is 2.92. The maximum Gasteiger partial charge on any atom is 0.135 e. The molecule has 1 aromatic carbocycles. The van der Waals surface area contributed by atoms with Crippen molar-refractivity contribution in [2.75, 3.05) is 0 Å². The van der Waals surface area contributed by atoms with Crippen molar-refractivity contribution in [2.24, 2.45) is 0 Å². The van der Waals surface area contributed by atoms with Crippen LogP contribution in [-0.2, 0) is 0 Å². The Morgan fingerprint density at radius 1 is 1.35 bits per heavy atom. The van der Waals surface area contributed by atoms with Gasteiger partial charge < -0.3 is 9.52 Å². The average Bonchev–Trinajstić information content (AvgIpc) is 2.80. The Morgan fingerprint density at radius 2 is 2.12 bits per heavy atom. The van der Waals surface area contributed by atoms with E-state index in [0.29, 0.717) is 12.2 Å². The van der Waals surface area contributed by atoms with Crippen LogP contribution in [0.3, 0.4) is 0 Å². The van der Waals surface area contributed by atoms with Crippen molar-refractivity contribution in [3.8, 4) is 11.3 Å². The smallest absolute Gasteiger partial charge is 0.135 e. The number of aliphatic hydroxyl groups excluding tert-OH is 1. The van der Waals surface area contributed by atoms with E-state index in [-0.39, 0.29) is 0 Å². The van der Waals surface area contributed by atoms with E-state index in [1.165, 1.54) is 0 Å². The van der Waals surface area contributed by atoms with Crippen LogP contribution in [0, 0.1) is 3.57 Å². The highest BCUT2D eigenvalue weighted by Gasteiger charge is 2.13. The zero-order chi connectivity index (χ0) is 12.4. The molecular formula is C13H12BrIO2. The minimum absolute atomic E-state index is 0.523. The van der Waals surface area contributed by atoms with E-state index < -0.39 is 6.10 Å². The number of hydrogen-bond donors (Lipinski definition) is 1. The minimum Gasteiger partial charge on any atom is -0.458 e. The molecule has 2 nitrogen and oxygen atoms in total. The van der Waals surface area contributed by atoms with Crippen LogP contribution < -0.4 is 0 Å². The molecule has 0 aliphatic carbocycles. The summed E-state index contributed by atoms with van der Waals surface area (Å²) in [5.41, 5.74) is 1.01. The minimum atomic E-state index is -0.523. The number of halogens is 2. The fraction of sp³-hybridized carbons (Fsp3) is 0.231. The van der Waals surface area contributed by atoms with Gasteiger partial charge in [-0.1, -0.05) is 22.9 Å². The molecule has 0 amide bonds. The molecule has 0 fully saturated rings. The fourth-order valence-corrected chi connectivity index (χ4v) is 2.50. The quantitative estimate of drug-likeness (QED) is 0.745. The number of rotatable bonds is 3. The van der Waals surface area contributed by atoms with Gasteiger partial charge in [-0.25, -0.2) is 0 Å². The van der Waals surface area contributed by atoms with Gasteiger partial charge in [0.2, 0.25) is 0 Å². The SMILES string of the molecule is CCC(O)c1ccc(-c2cc(I)ccc2Br)o1. The summed E-state index contributed by atoms with van der Waals surface area (Å²) >= 11 is 5.77. The van der Waals surface area contributed by atoms with Crippen LogP contribution in [0.4, 0.5) is 0 Å². The third-order valence-electron chi connectivity index (χ3n) is 2.54. The lowest BCUT2D eigenvalue weighted by atomic mass is 10.2. The Hall–Kier alpha value is -0.330. The van der Waals surface area contributed by atoms with Crippen LogP contribution in [0.5, 0.6) is 0 Å². The van der Waals surface area contributed by atoms with E-state index in [2.05, 4.69) is 38.5 Å². The number of furan rings is 1. The number of benzene rings is 1. The van der Waals surface area contributed by atoms with E-state index in [1.54, 1.807) is 0 Å². The summed E-state index contributed by atoms with van der Waals surface area (Å²) in [6.45, 7) is 1.92. The van der Waals surface area contributed by atoms with Gasteiger partial charge in [-0.15, -0.1) is 0 Å². The van der Waals surface area contributed by atoms with Gasteiger partial charge >= 0.3 is 0 Å². The van der Waals surface area contributed by atoms with Crippen LogP contribution in [-0.4, -0.2) is 5.11 Å². The summed E-state index contributed by atoms with van der Waals surface area (Å²) in [5, 5.41) is 9.71. The number of aliphatic hydroxyl groups is 1. The summed E-state index contributed by atoms with van der Waals surface area (Å²) in [5.74, 6) is 1.39. The first kappa shape index (κ1) is 13.1. The summed E-state index contributed by atoms with van der Waals surface area (Å²) in [6, 6.07) is 9.79. The second-order valence-corrected chi connectivity index (χ2v) is 5.85. The molecular weight excluding hydrogens is 395 g/mol. The Bertz CT molecular complexity index is 522. The van der Waals surface area contributed by atoms with Crippen molar-refractivity contribution in [3.63, 3.8) is 0 Å². The average molecular weight is 407 g/mol. The highest BCUT2D eigenvalue weighted by molar-refractivity contribution is 14.1. The summed E-state index contributed by atoms with van der Waals surface area (Å²) in [7, 11) is 0. The van der Waals surface area contributed by atoms with E-state index >= 15 is 0 Å². The van der Waals surface area contributed by atoms with Crippen LogP contribution in [0.2, 0.25) is 0 Å². The lowest BCUT2D eigenvalue weighted by Crippen LogP contribution is -1.91. The predicted octanol–water partition coefficient (Wildman–Crippen LogP) is 4.76. The molecule has 0 aliphatic rings. The topological polar surface area (TPSA) is 33.4 Å². The maximum absolute atomic E-state index is 9.71. The molecule has 0 saturated carbocycles. The molecule has 1 atom stereocenters. The third-order valence-corrected chi connectivity index (χ3v) is 3.90. The molecule has 1 N–H and O–H groups in total. The van der Waals surface area contributed by atoms with Crippen molar-refractivity contribution in [1.29, 1.82) is 0 Å². The van der Waals surface area contributed by atoms with Crippen molar-refractivity contribution in [1.82, 2.24) is 0 Å². The van der Waals surface area contributed by atoms with Gasteiger partial charge in [0.25, 0.3) is 0 Å². The zero-order valence-corrected chi connectivity index (χ0v) is 13.0. The van der Waals surface area contributed by atoms with E-state index in [1.807, 2.05) is 37.3 Å². The molecule has 1 aromatic heterocycles. The Morgan fingerprint density at radius 3 is 2.82 bits per heavy atom. The number of hydrogen-bond acceptors (Lipinski definition) is 2. The van der Waals surface area contributed by atoms with Crippen molar-refractivity contribution in [2.45, 2.75) is 19.4 Å². The molecule has 0 aliphatic heterocycles. The summed E-state index contributed by atoms with van der Waals surface area (Å²) in [4.78, 5) is 0. The fourth-order valence-electron chi connectivity index (χ4n) is 1.56. The molecule has 2 aromatic rings.